The summed E-state index contributed by atoms with van der Waals surface area (Å²) in [5.74, 6) is 1.88. The molecule has 0 radical (unpaired) electrons. The van der Waals surface area contributed by atoms with Crippen molar-refractivity contribution in [3.63, 3.8) is 0 Å². The highest BCUT2D eigenvalue weighted by Crippen LogP contribution is 2.18. The molecule has 0 saturated carbocycles. The van der Waals surface area contributed by atoms with Gasteiger partial charge in [0, 0.05) is 7.05 Å². The molecule has 1 N–H and O–H groups in total. The van der Waals surface area contributed by atoms with Crippen molar-refractivity contribution in [3.05, 3.63) is 30.1 Å². The number of nitrogens with zero attached hydrogens (tertiary/aromatic N) is 2. The molecule has 1 aromatic heterocycles. The summed E-state index contributed by atoms with van der Waals surface area (Å²) < 4.78 is 24.9. The van der Waals surface area contributed by atoms with Gasteiger partial charge >= 0.3 is 0 Å². The van der Waals surface area contributed by atoms with Gasteiger partial charge in [0.15, 0.2) is 9.84 Å². The molecule has 2 aromatic rings. The standard InChI is InChI=1S/C14H19N3O2S/c1-17-13-5-3-2-4-12(13)16-14(17)9-15-8-11-6-7-20(18,19)10-11/h2-5,11,15H,6-10H2,1H3. The van der Waals surface area contributed by atoms with Gasteiger partial charge in [-0.15, -0.1) is 0 Å². The van der Waals surface area contributed by atoms with Crippen LogP contribution in [-0.4, -0.2) is 36.0 Å². The quantitative estimate of drug-likeness (QED) is 0.917. The van der Waals surface area contributed by atoms with Crippen LogP contribution in [0.25, 0.3) is 11.0 Å². The van der Waals surface area contributed by atoms with Gasteiger partial charge in [-0.2, -0.15) is 0 Å². The predicted molar refractivity (Wildman–Crippen MR) is 79.2 cm³/mol. The Hall–Kier alpha value is -1.40. The van der Waals surface area contributed by atoms with E-state index in [0.29, 0.717) is 18.1 Å². The van der Waals surface area contributed by atoms with Crippen LogP contribution >= 0.6 is 0 Å². The lowest BCUT2D eigenvalue weighted by atomic mass is 10.1. The van der Waals surface area contributed by atoms with E-state index >= 15 is 0 Å². The molecule has 0 aliphatic carbocycles. The molecule has 1 unspecified atom stereocenters. The minimum Gasteiger partial charge on any atom is -0.330 e. The fraction of sp³-hybridized carbons (Fsp3) is 0.500. The minimum absolute atomic E-state index is 0.245. The Bertz CT molecular complexity index is 721. The average Bonchev–Trinajstić information content (AvgIpc) is 2.91. The summed E-state index contributed by atoms with van der Waals surface area (Å²) in [6.45, 7) is 1.41. The molecule has 1 aromatic carbocycles. The molecule has 5 nitrogen and oxygen atoms in total. The van der Waals surface area contributed by atoms with Crippen molar-refractivity contribution < 1.29 is 8.42 Å². The highest BCUT2D eigenvalue weighted by atomic mass is 32.2. The summed E-state index contributed by atoms with van der Waals surface area (Å²) in [4.78, 5) is 4.59. The van der Waals surface area contributed by atoms with E-state index in [1.807, 2.05) is 25.2 Å². The van der Waals surface area contributed by atoms with Crippen molar-refractivity contribution in [2.45, 2.75) is 13.0 Å². The lowest BCUT2D eigenvalue weighted by Crippen LogP contribution is -2.24. The van der Waals surface area contributed by atoms with Gasteiger partial charge in [-0.05, 0) is 31.0 Å². The zero-order chi connectivity index (χ0) is 14.2. The van der Waals surface area contributed by atoms with Crippen molar-refractivity contribution in [3.8, 4) is 0 Å². The summed E-state index contributed by atoms with van der Waals surface area (Å²) in [5.41, 5.74) is 2.11. The first-order chi connectivity index (χ1) is 9.55. The molecular formula is C14H19N3O2S. The van der Waals surface area contributed by atoms with Gasteiger partial charge in [0.05, 0.1) is 29.1 Å². The van der Waals surface area contributed by atoms with Gasteiger partial charge in [-0.3, -0.25) is 0 Å². The zero-order valence-corrected chi connectivity index (χ0v) is 12.4. The first-order valence-electron chi connectivity index (χ1n) is 6.87. The maximum atomic E-state index is 11.4. The van der Waals surface area contributed by atoms with Crippen LogP contribution in [0.4, 0.5) is 0 Å². The first-order valence-corrected chi connectivity index (χ1v) is 8.69. The molecule has 20 heavy (non-hydrogen) atoms. The second-order valence-electron chi connectivity index (χ2n) is 5.48. The van der Waals surface area contributed by atoms with Crippen LogP contribution in [-0.2, 0) is 23.4 Å². The molecule has 6 heteroatoms. The number of hydrogen-bond donors (Lipinski definition) is 1. The first kappa shape index (κ1) is 13.6. The number of benzene rings is 1. The van der Waals surface area contributed by atoms with E-state index in [0.717, 1.165) is 29.8 Å². The summed E-state index contributed by atoms with van der Waals surface area (Å²) >= 11 is 0. The third kappa shape index (κ3) is 2.71. The second-order valence-corrected chi connectivity index (χ2v) is 7.70. The zero-order valence-electron chi connectivity index (χ0n) is 11.5. The number of sulfone groups is 1. The third-order valence-corrected chi connectivity index (χ3v) is 5.76. The number of imidazole rings is 1. The summed E-state index contributed by atoms with van der Waals surface area (Å²) in [6.07, 6.45) is 0.776. The third-order valence-electron chi connectivity index (χ3n) is 3.92. The molecule has 0 amide bonds. The van der Waals surface area contributed by atoms with Gasteiger partial charge in [0.1, 0.15) is 5.82 Å². The van der Waals surface area contributed by atoms with Crippen molar-refractivity contribution in [2.75, 3.05) is 18.1 Å². The van der Waals surface area contributed by atoms with E-state index in [9.17, 15) is 8.42 Å². The number of para-hydroxylation sites is 2. The van der Waals surface area contributed by atoms with Gasteiger partial charge < -0.3 is 9.88 Å². The topological polar surface area (TPSA) is 64.0 Å². The fourth-order valence-corrected chi connectivity index (χ4v) is 4.64. The molecule has 1 aliphatic heterocycles. The van der Waals surface area contributed by atoms with Crippen LogP contribution in [0, 0.1) is 5.92 Å². The summed E-state index contributed by atoms with van der Waals surface area (Å²) in [6, 6.07) is 8.04. The van der Waals surface area contributed by atoms with Crippen LogP contribution in [0.1, 0.15) is 12.2 Å². The van der Waals surface area contributed by atoms with Crippen molar-refractivity contribution in [2.24, 2.45) is 13.0 Å². The Morgan fingerprint density at radius 1 is 1.40 bits per heavy atom. The average molecular weight is 293 g/mol. The lowest BCUT2D eigenvalue weighted by molar-refractivity contribution is 0.510. The molecular weight excluding hydrogens is 274 g/mol. The van der Waals surface area contributed by atoms with Gasteiger partial charge in [-0.25, -0.2) is 13.4 Å². The number of aryl methyl sites for hydroxylation is 1. The molecule has 0 bridgehead atoms. The number of nitrogens with one attached hydrogen (secondary N) is 1. The minimum atomic E-state index is -2.78. The maximum absolute atomic E-state index is 11.4. The Morgan fingerprint density at radius 3 is 2.90 bits per heavy atom. The lowest BCUT2D eigenvalue weighted by Gasteiger charge is -2.09. The van der Waals surface area contributed by atoms with E-state index in [2.05, 4.69) is 20.9 Å². The molecule has 1 atom stereocenters. The molecule has 1 fully saturated rings. The normalized spacial score (nSPS) is 21.6. The van der Waals surface area contributed by atoms with Crippen LogP contribution in [0.2, 0.25) is 0 Å². The summed E-state index contributed by atoms with van der Waals surface area (Å²) in [5, 5.41) is 3.34. The molecule has 1 aliphatic rings. The largest absolute Gasteiger partial charge is 0.330 e. The van der Waals surface area contributed by atoms with Gasteiger partial charge in [0.25, 0.3) is 0 Å². The molecule has 108 valence electrons. The van der Waals surface area contributed by atoms with Crippen LogP contribution in [0.5, 0.6) is 0 Å². The predicted octanol–water partition coefficient (Wildman–Crippen LogP) is 1.10. The van der Waals surface area contributed by atoms with E-state index in [1.54, 1.807) is 0 Å². The second kappa shape index (κ2) is 5.18. The smallest absolute Gasteiger partial charge is 0.150 e. The number of fused-ring (bicyclic) bond motifs is 1. The number of rotatable bonds is 4. The Labute approximate surface area is 118 Å². The summed E-state index contributed by atoms with van der Waals surface area (Å²) in [7, 11) is -0.774. The molecule has 3 rings (SSSR count). The molecule has 0 spiro atoms. The van der Waals surface area contributed by atoms with Crippen molar-refractivity contribution in [1.29, 1.82) is 0 Å². The monoisotopic (exact) mass is 293 g/mol. The Morgan fingerprint density at radius 2 is 2.20 bits per heavy atom. The fourth-order valence-electron chi connectivity index (χ4n) is 2.77. The van der Waals surface area contributed by atoms with E-state index in [-0.39, 0.29) is 5.92 Å². The highest BCUT2D eigenvalue weighted by molar-refractivity contribution is 7.91. The number of aromatic nitrogens is 2. The van der Waals surface area contributed by atoms with E-state index in [1.165, 1.54) is 0 Å². The van der Waals surface area contributed by atoms with Gasteiger partial charge in [-0.1, -0.05) is 12.1 Å². The Balaban J connectivity index is 1.62. The van der Waals surface area contributed by atoms with Crippen LogP contribution in [0.3, 0.4) is 0 Å². The van der Waals surface area contributed by atoms with E-state index < -0.39 is 9.84 Å². The van der Waals surface area contributed by atoms with Gasteiger partial charge in [0.2, 0.25) is 0 Å². The Kier molecular flexibility index (Phi) is 3.52. The number of hydrogen-bond acceptors (Lipinski definition) is 4. The maximum Gasteiger partial charge on any atom is 0.150 e. The van der Waals surface area contributed by atoms with Crippen LogP contribution in [0.15, 0.2) is 24.3 Å². The molecule has 2 heterocycles. The van der Waals surface area contributed by atoms with Crippen molar-refractivity contribution in [1.82, 2.24) is 14.9 Å². The molecule has 1 saturated heterocycles. The van der Waals surface area contributed by atoms with E-state index in [4.69, 9.17) is 0 Å². The highest BCUT2D eigenvalue weighted by Gasteiger charge is 2.27. The van der Waals surface area contributed by atoms with Crippen molar-refractivity contribution >= 4 is 20.9 Å². The SMILES string of the molecule is Cn1c(CNCC2CCS(=O)(=O)C2)nc2ccccc21. The van der Waals surface area contributed by atoms with Crippen LogP contribution < -0.4 is 5.32 Å².